The molecule has 4 aromatic carbocycles. The predicted molar refractivity (Wildman–Crippen MR) is 171 cm³/mol. The molecule has 0 spiro atoms. The Morgan fingerprint density at radius 1 is 0.455 bits per heavy atom. The molecular weight excluding hydrogens is 556 g/mol. The molecule has 0 N–H and O–H groups in total. The van der Waals surface area contributed by atoms with Crippen LogP contribution in [-0.4, -0.2) is 50.6 Å². The lowest BCUT2D eigenvalue weighted by molar-refractivity contribution is 0.146. The molecule has 0 saturated heterocycles. The molecule has 6 rings (SSSR count). The summed E-state index contributed by atoms with van der Waals surface area (Å²) in [4.78, 5) is 8.66. The molecule has 0 bridgehead atoms. The molecule has 0 aliphatic heterocycles. The van der Waals surface area contributed by atoms with Crippen LogP contribution in [-0.2, 0) is 9.47 Å². The van der Waals surface area contributed by atoms with Gasteiger partial charge in [-0.2, -0.15) is 0 Å². The summed E-state index contributed by atoms with van der Waals surface area (Å²) in [5.41, 5.74) is 1.83. The summed E-state index contributed by atoms with van der Waals surface area (Å²) >= 11 is 0. The van der Waals surface area contributed by atoms with Crippen molar-refractivity contribution in [1.82, 2.24) is 9.97 Å². The van der Waals surface area contributed by atoms with Crippen molar-refractivity contribution in [2.75, 3.05) is 40.6 Å². The molecule has 6 aromatic rings. The zero-order valence-corrected chi connectivity index (χ0v) is 24.7. The minimum atomic E-state index is 0.512. The molecule has 0 aliphatic carbocycles. The van der Waals surface area contributed by atoms with E-state index in [2.05, 4.69) is 9.97 Å². The standard InChI is InChI=1S/2C18H17NO3/c1-20-11-12-21-14-5-2-6-15(13-14)22-18-9-3-8-17-16(18)7-4-10-19-17;1-20-12-13-21-14-7-9-15(10-8-14)22-18-6-2-5-17-16(18)4-3-11-19-17/h2-10,13H,11-12H2,1H3;2-11H,12-13H2,1H3. The van der Waals surface area contributed by atoms with Gasteiger partial charge in [-0.1, -0.05) is 18.2 Å². The van der Waals surface area contributed by atoms with Gasteiger partial charge in [-0.05, 0) is 84.9 Å². The van der Waals surface area contributed by atoms with E-state index in [1.807, 2.05) is 109 Å². The summed E-state index contributed by atoms with van der Waals surface area (Å²) in [5, 5.41) is 1.97. The first kappa shape index (κ1) is 30.3. The summed E-state index contributed by atoms with van der Waals surface area (Å²) in [6, 6.07) is 34.6. The van der Waals surface area contributed by atoms with E-state index in [4.69, 9.17) is 28.4 Å². The fraction of sp³-hybridized carbons (Fsp3) is 0.167. The van der Waals surface area contributed by atoms with E-state index >= 15 is 0 Å². The van der Waals surface area contributed by atoms with Gasteiger partial charge in [-0.25, -0.2) is 0 Å². The summed E-state index contributed by atoms with van der Waals surface area (Å²) in [7, 11) is 3.30. The van der Waals surface area contributed by atoms with E-state index < -0.39 is 0 Å². The van der Waals surface area contributed by atoms with E-state index in [1.54, 1.807) is 26.6 Å². The highest BCUT2D eigenvalue weighted by Crippen LogP contribution is 2.31. The van der Waals surface area contributed by atoms with Gasteiger partial charge >= 0.3 is 0 Å². The lowest BCUT2D eigenvalue weighted by Gasteiger charge is -2.10. The van der Waals surface area contributed by atoms with Crippen molar-refractivity contribution in [1.29, 1.82) is 0 Å². The second kappa shape index (κ2) is 15.9. The largest absolute Gasteiger partial charge is 0.491 e. The highest BCUT2D eigenvalue weighted by molar-refractivity contribution is 5.85. The van der Waals surface area contributed by atoms with Crippen molar-refractivity contribution in [2.45, 2.75) is 0 Å². The molecule has 8 nitrogen and oxygen atoms in total. The van der Waals surface area contributed by atoms with Crippen LogP contribution in [0.5, 0.6) is 34.5 Å². The highest BCUT2D eigenvalue weighted by atomic mass is 16.5. The van der Waals surface area contributed by atoms with Crippen molar-refractivity contribution in [3.05, 3.63) is 122 Å². The fourth-order valence-corrected chi connectivity index (χ4v) is 4.30. The molecule has 44 heavy (non-hydrogen) atoms. The third kappa shape index (κ3) is 8.44. The third-order valence-corrected chi connectivity index (χ3v) is 6.41. The Morgan fingerprint density at radius 2 is 0.955 bits per heavy atom. The maximum atomic E-state index is 5.99. The Kier molecular flexibility index (Phi) is 10.9. The first-order valence-corrected chi connectivity index (χ1v) is 14.2. The molecule has 2 aromatic heterocycles. The number of benzene rings is 4. The minimum Gasteiger partial charge on any atom is -0.491 e. The average molecular weight is 591 g/mol. The number of rotatable bonds is 12. The van der Waals surface area contributed by atoms with Gasteiger partial charge < -0.3 is 28.4 Å². The van der Waals surface area contributed by atoms with Crippen LogP contribution in [0.3, 0.4) is 0 Å². The maximum Gasteiger partial charge on any atom is 0.136 e. The maximum absolute atomic E-state index is 5.99. The molecule has 0 unspecified atom stereocenters. The van der Waals surface area contributed by atoms with E-state index in [0.29, 0.717) is 26.4 Å². The van der Waals surface area contributed by atoms with E-state index in [0.717, 1.165) is 56.3 Å². The summed E-state index contributed by atoms with van der Waals surface area (Å²) < 4.78 is 33.0. The highest BCUT2D eigenvalue weighted by Gasteiger charge is 2.06. The van der Waals surface area contributed by atoms with E-state index in [-0.39, 0.29) is 0 Å². The van der Waals surface area contributed by atoms with Gasteiger partial charge in [0, 0.05) is 43.5 Å². The molecule has 0 atom stereocenters. The Labute approximate surface area is 256 Å². The van der Waals surface area contributed by atoms with Gasteiger partial charge in [-0.3, -0.25) is 9.97 Å². The molecule has 0 fully saturated rings. The first-order chi connectivity index (χ1) is 21.7. The SMILES string of the molecule is COCCOc1ccc(Oc2cccc3ncccc23)cc1.COCCOc1cccc(Oc2cccc3ncccc23)c1. The second-order valence-corrected chi connectivity index (χ2v) is 9.49. The minimum absolute atomic E-state index is 0.512. The van der Waals surface area contributed by atoms with Gasteiger partial charge in [-0.15, -0.1) is 0 Å². The molecular formula is C36H34N2O6. The Bertz CT molecular complexity index is 1750. The lowest BCUT2D eigenvalue weighted by Crippen LogP contribution is -2.04. The van der Waals surface area contributed by atoms with E-state index in [9.17, 15) is 0 Å². The number of nitrogens with zero attached hydrogens (tertiary/aromatic N) is 2. The van der Waals surface area contributed by atoms with Crippen LogP contribution in [0.25, 0.3) is 21.8 Å². The van der Waals surface area contributed by atoms with Gasteiger partial charge in [0.15, 0.2) is 0 Å². The van der Waals surface area contributed by atoms with Crippen LogP contribution in [0, 0.1) is 0 Å². The molecule has 0 radical (unpaired) electrons. The van der Waals surface area contributed by atoms with Crippen LogP contribution in [0.1, 0.15) is 0 Å². The van der Waals surface area contributed by atoms with Gasteiger partial charge in [0.1, 0.15) is 47.7 Å². The van der Waals surface area contributed by atoms with Crippen LogP contribution in [0.2, 0.25) is 0 Å². The number of methoxy groups -OCH3 is 2. The zero-order valence-electron chi connectivity index (χ0n) is 24.7. The number of ether oxygens (including phenoxy) is 6. The molecule has 0 aliphatic rings. The number of pyridine rings is 2. The lowest BCUT2D eigenvalue weighted by atomic mass is 10.2. The van der Waals surface area contributed by atoms with Crippen LogP contribution in [0.4, 0.5) is 0 Å². The summed E-state index contributed by atoms with van der Waals surface area (Å²) in [6.07, 6.45) is 3.55. The Hall–Kier alpha value is -5.18. The predicted octanol–water partition coefficient (Wildman–Crippen LogP) is 8.10. The quantitative estimate of drug-likeness (QED) is 0.132. The van der Waals surface area contributed by atoms with Crippen molar-refractivity contribution in [2.24, 2.45) is 0 Å². The number of hydrogen-bond donors (Lipinski definition) is 0. The van der Waals surface area contributed by atoms with Gasteiger partial charge in [0.2, 0.25) is 0 Å². The molecule has 8 heteroatoms. The molecule has 2 heterocycles. The fourth-order valence-electron chi connectivity index (χ4n) is 4.30. The summed E-state index contributed by atoms with van der Waals surface area (Å²) in [5.74, 6) is 4.61. The van der Waals surface area contributed by atoms with Crippen molar-refractivity contribution < 1.29 is 28.4 Å². The van der Waals surface area contributed by atoms with Crippen LogP contribution >= 0.6 is 0 Å². The van der Waals surface area contributed by atoms with Gasteiger partial charge in [0.05, 0.1) is 24.2 Å². The van der Waals surface area contributed by atoms with Crippen molar-refractivity contribution in [3.63, 3.8) is 0 Å². The third-order valence-electron chi connectivity index (χ3n) is 6.41. The van der Waals surface area contributed by atoms with Gasteiger partial charge in [0.25, 0.3) is 0 Å². The first-order valence-electron chi connectivity index (χ1n) is 14.2. The number of aromatic nitrogens is 2. The molecule has 0 saturated carbocycles. The van der Waals surface area contributed by atoms with Crippen molar-refractivity contribution in [3.8, 4) is 34.5 Å². The van der Waals surface area contributed by atoms with Crippen molar-refractivity contribution >= 4 is 21.8 Å². The zero-order chi connectivity index (χ0) is 30.4. The Balaban J connectivity index is 0.000000175. The second-order valence-electron chi connectivity index (χ2n) is 9.49. The monoisotopic (exact) mass is 590 g/mol. The number of fused-ring (bicyclic) bond motifs is 2. The topological polar surface area (TPSA) is 81.2 Å². The average Bonchev–Trinajstić information content (AvgIpc) is 3.07. The van der Waals surface area contributed by atoms with E-state index in [1.165, 1.54) is 0 Å². The smallest absolute Gasteiger partial charge is 0.136 e. The Morgan fingerprint density at radius 3 is 1.55 bits per heavy atom. The number of hydrogen-bond acceptors (Lipinski definition) is 8. The molecule has 0 amide bonds. The normalized spacial score (nSPS) is 10.6. The van der Waals surface area contributed by atoms with Crippen LogP contribution in [0.15, 0.2) is 122 Å². The summed E-state index contributed by atoms with van der Waals surface area (Å²) in [6.45, 7) is 2.17. The van der Waals surface area contributed by atoms with Crippen LogP contribution < -0.4 is 18.9 Å². The molecule has 224 valence electrons.